The average molecular weight is 211 g/mol. The molecule has 1 aliphatic heterocycles. The maximum Gasteiger partial charge on any atom is 0.272 e. The molecule has 1 saturated carbocycles. The van der Waals surface area contributed by atoms with Gasteiger partial charge in [-0.05, 0) is 12.8 Å². The molecule has 0 aromatic carbocycles. The summed E-state index contributed by atoms with van der Waals surface area (Å²) in [6.45, 7) is 0. The first kappa shape index (κ1) is 8.78. The Hall–Kier alpha value is 0.200. The van der Waals surface area contributed by atoms with Crippen LogP contribution in [0.15, 0.2) is 0 Å². The summed E-state index contributed by atoms with van der Waals surface area (Å²) >= 11 is 5.77. The largest absolute Gasteiger partial charge is 0.272 e. The maximum absolute atomic E-state index is 11.3. The fraction of sp³-hybridized carbons (Fsp3) is 1.00. The van der Waals surface area contributed by atoms with E-state index >= 15 is 0 Å². The van der Waals surface area contributed by atoms with E-state index in [4.69, 9.17) is 15.8 Å². The molecule has 2 rings (SSSR count). The van der Waals surface area contributed by atoms with Crippen molar-refractivity contribution in [1.82, 2.24) is 0 Å². The molecule has 3 atom stereocenters. The van der Waals surface area contributed by atoms with Crippen LogP contribution in [0.25, 0.3) is 0 Å². The Kier molecular flexibility index (Phi) is 2.09. The molecule has 1 heterocycles. The summed E-state index contributed by atoms with van der Waals surface area (Å²) in [5.41, 5.74) is -0.611. The Morgan fingerprint density at radius 1 is 1.25 bits per heavy atom. The topological polar surface area (TPSA) is 43.4 Å². The highest BCUT2D eigenvalue weighted by Gasteiger charge is 2.48. The van der Waals surface area contributed by atoms with Crippen LogP contribution in [0.4, 0.5) is 0 Å². The molecule has 2 aliphatic rings. The molecular formula is C7H11ClO3S. The number of rotatable bonds is 0. The summed E-state index contributed by atoms with van der Waals surface area (Å²) in [6.07, 6.45) is 3.66. The van der Waals surface area contributed by atoms with Gasteiger partial charge in [0.1, 0.15) is 0 Å². The summed E-state index contributed by atoms with van der Waals surface area (Å²) in [7, 11) is -3.33. The average Bonchev–Trinajstić information content (AvgIpc) is 2.25. The molecule has 0 radical (unpaired) electrons. The van der Waals surface area contributed by atoms with Crippen molar-refractivity contribution < 1.29 is 12.6 Å². The zero-order valence-electron chi connectivity index (χ0n) is 6.57. The van der Waals surface area contributed by atoms with Gasteiger partial charge >= 0.3 is 0 Å². The second-order valence-electron chi connectivity index (χ2n) is 3.43. The predicted molar refractivity (Wildman–Crippen MR) is 45.4 cm³/mol. The smallest absolute Gasteiger partial charge is 0.250 e. The molecule has 0 aromatic heterocycles. The van der Waals surface area contributed by atoms with Crippen molar-refractivity contribution in [3.63, 3.8) is 0 Å². The number of halogens is 1. The summed E-state index contributed by atoms with van der Waals surface area (Å²) in [5, 5.41) is -0.325. The molecule has 0 N–H and O–H groups in total. The van der Waals surface area contributed by atoms with E-state index in [0.717, 1.165) is 25.7 Å². The standard InChI is InChI=1S/C7H11ClO3S/c8-7-5-3-1-2-4-6(5)12(9,10)11-7/h5-7H,1-4H2. The summed E-state index contributed by atoms with van der Waals surface area (Å²) < 4.78 is 27.3. The van der Waals surface area contributed by atoms with Crippen molar-refractivity contribution in [2.24, 2.45) is 5.92 Å². The highest BCUT2D eigenvalue weighted by molar-refractivity contribution is 7.87. The molecule has 1 aliphatic carbocycles. The molecular weight excluding hydrogens is 200 g/mol. The van der Waals surface area contributed by atoms with Gasteiger partial charge in [0.25, 0.3) is 10.1 Å². The highest BCUT2D eigenvalue weighted by Crippen LogP contribution is 2.41. The van der Waals surface area contributed by atoms with Gasteiger partial charge < -0.3 is 0 Å². The van der Waals surface area contributed by atoms with Crippen LogP contribution in [0, 0.1) is 5.92 Å². The third-order valence-corrected chi connectivity index (χ3v) is 5.01. The number of hydrogen-bond donors (Lipinski definition) is 0. The van der Waals surface area contributed by atoms with Crippen LogP contribution in [0.2, 0.25) is 0 Å². The lowest BCUT2D eigenvalue weighted by molar-refractivity contribution is 0.240. The number of fused-ring (bicyclic) bond motifs is 1. The minimum absolute atomic E-state index is 0.0328. The Labute approximate surface area is 77.2 Å². The molecule has 70 valence electrons. The summed E-state index contributed by atoms with van der Waals surface area (Å²) in [6, 6.07) is 0. The quantitative estimate of drug-likeness (QED) is 0.449. The van der Waals surface area contributed by atoms with Gasteiger partial charge in [-0.3, -0.25) is 0 Å². The number of alkyl halides is 1. The molecule has 3 unspecified atom stereocenters. The van der Waals surface area contributed by atoms with Crippen molar-refractivity contribution in [2.75, 3.05) is 0 Å². The van der Waals surface area contributed by atoms with Gasteiger partial charge in [0, 0.05) is 5.92 Å². The number of hydrogen-bond acceptors (Lipinski definition) is 3. The van der Waals surface area contributed by atoms with Crippen LogP contribution < -0.4 is 0 Å². The lowest BCUT2D eigenvalue weighted by Crippen LogP contribution is -2.27. The van der Waals surface area contributed by atoms with E-state index in [1.807, 2.05) is 0 Å². The van der Waals surface area contributed by atoms with Crippen LogP contribution in [0.1, 0.15) is 25.7 Å². The normalized spacial score (nSPS) is 45.6. The van der Waals surface area contributed by atoms with Gasteiger partial charge in [-0.25, -0.2) is 4.18 Å². The van der Waals surface area contributed by atoms with E-state index in [1.54, 1.807) is 0 Å². The Balaban J connectivity index is 2.28. The van der Waals surface area contributed by atoms with Crippen molar-refractivity contribution >= 4 is 21.7 Å². The van der Waals surface area contributed by atoms with Crippen LogP contribution in [0.5, 0.6) is 0 Å². The minimum atomic E-state index is -3.33. The Morgan fingerprint density at radius 3 is 2.58 bits per heavy atom. The maximum atomic E-state index is 11.3. The first-order chi connectivity index (χ1) is 5.61. The zero-order valence-corrected chi connectivity index (χ0v) is 8.14. The van der Waals surface area contributed by atoms with E-state index in [-0.39, 0.29) is 11.2 Å². The van der Waals surface area contributed by atoms with E-state index in [2.05, 4.69) is 0 Å². The van der Waals surface area contributed by atoms with Crippen molar-refractivity contribution in [1.29, 1.82) is 0 Å². The van der Waals surface area contributed by atoms with E-state index in [1.165, 1.54) is 0 Å². The molecule has 0 amide bonds. The van der Waals surface area contributed by atoms with Crippen LogP contribution in [-0.4, -0.2) is 19.2 Å². The van der Waals surface area contributed by atoms with Gasteiger partial charge in [-0.1, -0.05) is 24.4 Å². The SMILES string of the molecule is O=S1(=O)OC(Cl)C2CCCCC21. The van der Waals surface area contributed by atoms with Gasteiger partial charge in [0.2, 0.25) is 0 Å². The Morgan fingerprint density at radius 2 is 1.92 bits per heavy atom. The van der Waals surface area contributed by atoms with Crippen molar-refractivity contribution in [3.05, 3.63) is 0 Å². The third-order valence-electron chi connectivity index (χ3n) is 2.69. The van der Waals surface area contributed by atoms with Gasteiger partial charge in [0.05, 0.1) is 5.25 Å². The lowest BCUT2D eigenvalue weighted by Gasteiger charge is -2.22. The first-order valence-electron chi connectivity index (χ1n) is 4.17. The minimum Gasteiger partial charge on any atom is -0.250 e. The van der Waals surface area contributed by atoms with E-state index in [0.29, 0.717) is 0 Å². The molecule has 3 nitrogen and oxygen atoms in total. The monoisotopic (exact) mass is 210 g/mol. The molecule has 0 bridgehead atoms. The van der Waals surface area contributed by atoms with Crippen LogP contribution >= 0.6 is 11.6 Å². The zero-order chi connectivity index (χ0) is 8.77. The second-order valence-corrected chi connectivity index (χ2v) is 5.64. The summed E-state index contributed by atoms with van der Waals surface area (Å²) in [5.74, 6) is 0.0328. The Bertz CT molecular complexity index is 274. The molecule has 12 heavy (non-hydrogen) atoms. The fourth-order valence-corrected chi connectivity index (χ4v) is 4.45. The second kappa shape index (κ2) is 2.86. The molecule has 1 saturated heterocycles. The van der Waals surface area contributed by atoms with Gasteiger partial charge in [0.15, 0.2) is 5.56 Å². The van der Waals surface area contributed by atoms with Crippen molar-refractivity contribution in [2.45, 2.75) is 36.5 Å². The van der Waals surface area contributed by atoms with Crippen molar-refractivity contribution in [3.8, 4) is 0 Å². The van der Waals surface area contributed by atoms with E-state index in [9.17, 15) is 8.42 Å². The molecule has 5 heteroatoms. The lowest BCUT2D eigenvalue weighted by atomic mass is 9.89. The molecule has 2 fully saturated rings. The first-order valence-corrected chi connectivity index (χ1v) is 6.08. The predicted octanol–water partition coefficient (Wildman–Crippen LogP) is 1.47. The summed E-state index contributed by atoms with van der Waals surface area (Å²) in [4.78, 5) is 0. The van der Waals surface area contributed by atoms with Crippen LogP contribution in [-0.2, 0) is 14.3 Å². The molecule has 0 spiro atoms. The third kappa shape index (κ3) is 1.26. The van der Waals surface area contributed by atoms with E-state index < -0.39 is 15.7 Å². The van der Waals surface area contributed by atoms with Crippen LogP contribution in [0.3, 0.4) is 0 Å². The highest BCUT2D eigenvalue weighted by atomic mass is 35.5. The molecule has 0 aromatic rings. The van der Waals surface area contributed by atoms with Gasteiger partial charge in [-0.15, -0.1) is 0 Å². The van der Waals surface area contributed by atoms with Gasteiger partial charge in [-0.2, -0.15) is 8.42 Å². The fourth-order valence-electron chi connectivity index (χ4n) is 2.05.